The summed E-state index contributed by atoms with van der Waals surface area (Å²) < 4.78 is 27.2. The summed E-state index contributed by atoms with van der Waals surface area (Å²) in [5, 5.41) is 19.6. The number of aliphatic hydroxyl groups is 2. The van der Waals surface area contributed by atoms with Crippen LogP contribution in [0, 0.1) is 11.6 Å². The fourth-order valence-electron chi connectivity index (χ4n) is 3.84. The van der Waals surface area contributed by atoms with Gasteiger partial charge in [0, 0.05) is 76.2 Å². The number of benzene rings is 1. The van der Waals surface area contributed by atoms with Crippen LogP contribution in [0.1, 0.15) is 25.1 Å². The van der Waals surface area contributed by atoms with Crippen molar-refractivity contribution < 1.29 is 19.0 Å². The second kappa shape index (κ2) is 12.0. The van der Waals surface area contributed by atoms with Crippen molar-refractivity contribution in [1.82, 2.24) is 19.9 Å². The highest BCUT2D eigenvalue weighted by atomic mass is 19.1. The highest BCUT2D eigenvalue weighted by Gasteiger charge is 2.23. The lowest BCUT2D eigenvalue weighted by molar-refractivity contribution is 0.246. The number of nitrogens with one attached hydrogen (secondary N) is 1. The maximum Gasteiger partial charge on any atom is 0.172 e. The Morgan fingerprint density at radius 2 is 1.76 bits per heavy atom. The highest BCUT2D eigenvalue weighted by Crippen LogP contribution is 2.27. The molecule has 8 nitrogen and oxygen atoms in total. The van der Waals surface area contributed by atoms with Gasteiger partial charge >= 0.3 is 0 Å². The molecule has 1 fully saturated rings. The van der Waals surface area contributed by atoms with Crippen LogP contribution < -0.4 is 10.2 Å². The van der Waals surface area contributed by atoms with Crippen LogP contribution in [0.4, 0.5) is 20.4 Å². The third-order valence-corrected chi connectivity index (χ3v) is 5.46. The second-order valence-electron chi connectivity index (χ2n) is 8.33. The molecule has 1 aliphatic rings. The summed E-state index contributed by atoms with van der Waals surface area (Å²) in [6.45, 7) is 7.45. The van der Waals surface area contributed by atoms with Crippen molar-refractivity contribution in [3.05, 3.63) is 53.4 Å². The zero-order valence-corrected chi connectivity index (χ0v) is 19.8. The largest absolute Gasteiger partial charge is 0.400 e. The molecule has 34 heavy (non-hydrogen) atoms. The van der Waals surface area contributed by atoms with Crippen LogP contribution in [0.2, 0.25) is 0 Å². The van der Waals surface area contributed by atoms with E-state index in [0.717, 1.165) is 43.3 Å². The zero-order chi connectivity index (χ0) is 24.7. The van der Waals surface area contributed by atoms with Crippen LogP contribution in [0.3, 0.4) is 0 Å². The number of aromatic nitrogens is 3. The van der Waals surface area contributed by atoms with Crippen molar-refractivity contribution in [1.29, 1.82) is 0 Å². The summed E-state index contributed by atoms with van der Waals surface area (Å²) in [6, 6.07) is 5.79. The number of nitrogens with zero attached hydrogens (tertiary/aromatic N) is 5. The molecule has 3 heterocycles. The molecule has 184 valence electrons. The van der Waals surface area contributed by atoms with E-state index in [1.807, 2.05) is 19.9 Å². The minimum atomic E-state index is -0.562. The number of rotatable bonds is 7. The van der Waals surface area contributed by atoms with Crippen molar-refractivity contribution in [2.24, 2.45) is 0 Å². The fourth-order valence-corrected chi connectivity index (χ4v) is 3.84. The summed E-state index contributed by atoms with van der Waals surface area (Å²) in [6.07, 6.45) is 2.16. The van der Waals surface area contributed by atoms with Gasteiger partial charge in [-0.05, 0) is 26.0 Å². The molecule has 3 aromatic rings. The Bertz CT molecular complexity index is 1090. The average Bonchev–Trinajstić information content (AvgIpc) is 2.82. The monoisotopic (exact) mass is 474 g/mol. The molecule has 1 saturated heterocycles. The van der Waals surface area contributed by atoms with Gasteiger partial charge < -0.3 is 20.4 Å². The zero-order valence-electron chi connectivity index (χ0n) is 19.8. The third kappa shape index (κ3) is 6.34. The number of anilines is 2. The van der Waals surface area contributed by atoms with Crippen molar-refractivity contribution >= 4 is 22.7 Å². The maximum absolute atomic E-state index is 14.0. The van der Waals surface area contributed by atoms with Crippen LogP contribution in [0.5, 0.6) is 0 Å². The van der Waals surface area contributed by atoms with E-state index in [4.69, 9.17) is 15.1 Å². The van der Waals surface area contributed by atoms with E-state index >= 15 is 0 Å². The van der Waals surface area contributed by atoms with E-state index in [2.05, 4.69) is 20.1 Å². The van der Waals surface area contributed by atoms with E-state index in [1.165, 1.54) is 12.1 Å². The lowest BCUT2D eigenvalue weighted by Gasteiger charge is -2.36. The molecule has 1 aromatic carbocycles. The standard InChI is InChI=1S/C23H28F2N6O.CH4O/c1-15(2)27-22-23(29-20-12-18(5-10-32)26-13-21(20)28-22)31-8-6-30(7-9-31)14-16-3-4-17(24)11-19(16)25;1-2/h3-4,11-13,15,32H,5-10,14H2,1-2H3,(H,27,28);2H,1H3. The molecule has 0 radical (unpaired) electrons. The van der Waals surface area contributed by atoms with Gasteiger partial charge in [0.05, 0.1) is 11.7 Å². The van der Waals surface area contributed by atoms with Crippen molar-refractivity contribution in [3.8, 4) is 0 Å². The van der Waals surface area contributed by atoms with Gasteiger partial charge in [-0.2, -0.15) is 0 Å². The normalized spacial score (nSPS) is 14.3. The lowest BCUT2D eigenvalue weighted by Crippen LogP contribution is -2.46. The van der Waals surface area contributed by atoms with Gasteiger partial charge in [-0.1, -0.05) is 6.07 Å². The van der Waals surface area contributed by atoms with Gasteiger partial charge in [0.25, 0.3) is 0 Å². The SMILES string of the molecule is CC(C)Nc1nc2cnc(CCO)cc2nc1N1CCN(Cc2ccc(F)cc2F)CC1.CO. The topological polar surface area (TPSA) is 97.6 Å². The number of fused-ring (bicyclic) bond motifs is 1. The third-order valence-electron chi connectivity index (χ3n) is 5.46. The van der Waals surface area contributed by atoms with Crippen LogP contribution in [0.15, 0.2) is 30.5 Å². The summed E-state index contributed by atoms with van der Waals surface area (Å²) in [4.78, 5) is 18.3. The van der Waals surface area contributed by atoms with Gasteiger partial charge in [0.2, 0.25) is 0 Å². The number of hydrogen-bond acceptors (Lipinski definition) is 8. The molecule has 2 aromatic heterocycles. The number of hydrogen-bond donors (Lipinski definition) is 3. The van der Waals surface area contributed by atoms with Crippen LogP contribution >= 0.6 is 0 Å². The van der Waals surface area contributed by atoms with Crippen molar-refractivity contribution in [2.45, 2.75) is 32.9 Å². The average molecular weight is 475 g/mol. The lowest BCUT2D eigenvalue weighted by atomic mass is 10.1. The fraction of sp³-hybridized carbons (Fsp3) is 0.458. The predicted molar refractivity (Wildman–Crippen MR) is 129 cm³/mol. The first-order chi connectivity index (χ1) is 16.4. The van der Waals surface area contributed by atoms with Gasteiger partial charge in [-0.3, -0.25) is 9.88 Å². The molecule has 1 aliphatic heterocycles. The molecule has 10 heteroatoms. The van der Waals surface area contributed by atoms with E-state index in [1.54, 1.807) is 6.20 Å². The smallest absolute Gasteiger partial charge is 0.172 e. The summed E-state index contributed by atoms with van der Waals surface area (Å²) in [5.41, 5.74) is 2.71. The Balaban J connectivity index is 0.00000158. The Morgan fingerprint density at radius 3 is 2.41 bits per heavy atom. The quantitative estimate of drug-likeness (QED) is 0.481. The van der Waals surface area contributed by atoms with Crippen molar-refractivity contribution in [3.63, 3.8) is 0 Å². The van der Waals surface area contributed by atoms with Crippen LogP contribution in [-0.4, -0.2) is 76.0 Å². The number of piperazine rings is 1. The van der Waals surface area contributed by atoms with Gasteiger partial charge in [-0.25, -0.2) is 18.7 Å². The van der Waals surface area contributed by atoms with Crippen LogP contribution in [-0.2, 0) is 13.0 Å². The molecule has 0 spiro atoms. The minimum absolute atomic E-state index is 0.0301. The van der Waals surface area contributed by atoms with Gasteiger partial charge in [0.15, 0.2) is 11.6 Å². The first-order valence-corrected chi connectivity index (χ1v) is 11.3. The minimum Gasteiger partial charge on any atom is -0.400 e. The maximum atomic E-state index is 14.0. The summed E-state index contributed by atoms with van der Waals surface area (Å²) >= 11 is 0. The van der Waals surface area contributed by atoms with Gasteiger partial charge in [-0.15, -0.1) is 0 Å². The number of pyridine rings is 1. The van der Waals surface area contributed by atoms with Crippen molar-refractivity contribution in [2.75, 3.05) is 50.1 Å². The Labute approximate surface area is 198 Å². The first kappa shape index (κ1) is 25.7. The number of aliphatic hydroxyl groups excluding tert-OH is 2. The summed E-state index contributed by atoms with van der Waals surface area (Å²) in [5.74, 6) is 0.416. The molecule has 0 bridgehead atoms. The second-order valence-corrected chi connectivity index (χ2v) is 8.33. The Morgan fingerprint density at radius 1 is 1.03 bits per heavy atom. The Hall–Kier alpha value is -2.95. The van der Waals surface area contributed by atoms with E-state index < -0.39 is 11.6 Å². The highest BCUT2D eigenvalue weighted by molar-refractivity contribution is 5.80. The molecular formula is C24H32F2N6O2. The molecule has 0 aliphatic carbocycles. The molecule has 3 N–H and O–H groups in total. The van der Waals surface area contributed by atoms with E-state index in [-0.39, 0.29) is 12.6 Å². The molecule has 0 saturated carbocycles. The first-order valence-electron chi connectivity index (χ1n) is 11.3. The molecule has 4 rings (SSSR count). The summed E-state index contributed by atoms with van der Waals surface area (Å²) in [7, 11) is 1.00. The van der Waals surface area contributed by atoms with Crippen LogP contribution in [0.25, 0.3) is 11.0 Å². The van der Waals surface area contributed by atoms with E-state index in [9.17, 15) is 13.9 Å². The molecule has 0 atom stereocenters. The number of halogens is 2. The molecular weight excluding hydrogens is 442 g/mol. The van der Waals surface area contributed by atoms with E-state index in [0.29, 0.717) is 43.0 Å². The Kier molecular flexibility index (Phi) is 9.03. The predicted octanol–water partition coefficient (Wildman–Crippen LogP) is 2.59. The molecule has 0 unspecified atom stereocenters. The molecule has 0 amide bonds. The van der Waals surface area contributed by atoms with Gasteiger partial charge in [0.1, 0.15) is 17.2 Å².